The number of pyridine rings is 1. The van der Waals surface area contributed by atoms with E-state index in [-0.39, 0.29) is 17.3 Å². The van der Waals surface area contributed by atoms with Crippen molar-refractivity contribution in [1.29, 1.82) is 0 Å². The van der Waals surface area contributed by atoms with E-state index in [9.17, 15) is 18.0 Å². The first-order valence-electron chi connectivity index (χ1n) is 8.22. The van der Waals surface area contributed by atoms with Crippen LogP contribution in [0.5, 0.6) is 0 Å². The minimum absolute atomic E-state index is 0.0323. The highest BCUT2D eigenvalue weighted by Gasteiger charge is 2.29. The lowest BCUT2D eigenvalue weighted by molar-refractivity contribution is -0.118. The average molecular weight is 389 g/mol. The third kappa shape index (κ3) is 3.69. The number of amides is 1. The lowest BCUT2D eigenvalue weighted by Gasteiger charge is -2.22. The molecule has 1 aromatic carbocycles. The van der Waals surface area contributed by atoms with E-state index in [1.54, 1.807) is 18.2 Å². The average Bonchev–Trinajstić information content (AvgIpc) is 3.11. The third-order valence-corrected chi connectivity index (χ3v) is 6.18. The molecule has 1 aromatic heterocycles. The molecule has 0 N–H and O–H groups in total. The van der Waals surface area contributed by atoms with Gasteiger partial charge in [0, 0.05) is 31.7 Å². The topological polar surface area (TPSA) is 96.9 Å². The number of aromatic nitrogens is 1. The number of anilines is 1. The van der Waals surface area contributed by atoms with Crippen molar-refractivity contribution >= 4 is 27.6 Å². The summed E-state index contributed by atoms with van der Waals surface area (Å²) in [5.74, 6) is -0.778. The molecule has 0 aliphatic carbocycles. The largest absolute Gasteiger partial charge is 0.465 e. The molecular formula is C18H19N3O5S. The molecule has 0 saturated carbocycles. The molecule has 27 heavy (non-hydrogen) atoms. The second kappa shape index (κ2) is 7.45. The normalized spacial score (nSPS) is 13.5. The van der Waals surface area contributed by atoms with Gasteiger partial charge in [-0.2, -0.15) is 4.31 Å². The first-order valence-corrected chi connectivity index (χ1v) is 9.66. The summed E-state index contributed by atoms with van der Waals surface area (Å²) in [5.41, 5.74) is 1.95. The lowest BCUT2D eigenvalue weighted by Crippen LogP contribution is -2.40. The molecule has 0 fully saturated rings. The Hall–Kier alpha value is -2.78. The standard InChI is InChI=1S/C18H19N3O5S/c1-20(27(24,25)15-4-3-8-19-11-15)12-17(22)21-9-7-13-10-14(18(23)26-2)5-6-16(13)21/h3-6,8,10-11H,7,9,12H2,1-2H3. The summed E-state index contributed by atoms with van der Waals surface area (Å²) in [6.45, 7) is 0.134. The van der Waals surface area contributed by atoms with Crippen LogP contribution in [0.2, 0.25) is 0 Å². The minimum Gasteiger partial charge on any atom is -0.465 e. The number of ether oxygens (including phenoxy) is 1. The molecule has 0 bridgehead atoms. The molecule has 1 aliphatic rings. The third-order valence-electron chi connectivity index (χ3n) is 4.40. The van der Waals surface area contributed by atoms with Crippen LogP contribution in [0.25, 0.3) is 0 Å². The monoisotopic (exact) mass is 389 g/mol. The Morgan fingerprint density at radius 2 is 2.07 bits per heavy atom. The van der Waals surface area contributed by atoms with Crippen molar-refractivity contribution in [3.63, 3.8) is 0 Å². The zero-order valence-electron chi connectivity index (χ0n) is 15.0. The fraction of sp³-hybridized carbons (Fsp3) is 0.278. The number of methoxy groups -OCH3 is 1. The molecule has 142 valence electrons. The molecular weight excluding hydrogens is 370 g/mol. The molecule has 0 atom stereocenters. The van der Waals surface area contributed by atoms with Gasteiger partial charge < -0.3 is 9.64 Å². The summed E-state index contributed by atoms with van der Waals surface area (Å²) in [6, 6.07) is 7.93. The Morgan fingerprint density at radius 3 is 2.74 bits per heavy atom. The number of hydrogen-bond donors (Lipinski definition) is 0. The number of rotatable bonds is 5. The number of carbonyl (C=O) groups is 2. The van der Waals surface area contributed by atoms with E-state index in [0.29, 0.717) is 24.2 Å². The second-order valence-corrected chi connectivity index (χ2v) is 8.13. The maximum absolute atomic E-state index is 12.7. The predicted octanol–water partition coefficient (Wildman–Crippen LogP) is 1.08. The van der Waals surface area contributed by atoms with Gasteiger partial charge in [0.15, 0.2) is 0 Å². The van der Waals surface area contributed by atoms with Gasteiger partial charge in [-0.3, -0.25) is 9.78 Å². The maximum atomic E-state index is 12.7. The second-order valence-electron chi connectivity index (χ2n) is 6.08. The van der Waals surface area contributed by atoms with Crippen molar-refractivity contribution in [2.45, 2.75) is 11.3 Å². The maximum Gasteiger partial charge on any atom is 0.337 e. The van der Waals surface area contributed by atoms with Crippen LogP contribution >= 0.6 is 0 Å². The summed E-state index contributed by atoms with van der Waals surface area (Å²) in [5, 5.41) is 0. The van der Waals surface area contributed by atoms with Crippen molar-refractivity contribution in [3.05, 3.63) is 53.9 Å². The van der Waals surface area contributed by atoms with E-state index >= 15 is 0 Å². The van der Waals surface area contributed by atoms with Gasteiger partial charge in [-0.15, -0.1) is 0 Å². The number of benzene rings is 1. The molecule has 9 heteroatoms. The first-order chi connectivity index (χ1) is 12.8. The van der Waals surface area contributed by atoms with E-state index in [0.717, 1.165) is 9.87 Å². The minimum atomic E-state index is -3.80. The van der Waals surface area contributed by atoms with Crippen LogP contribution < -0.4 is 4.90 Å². The quantitative estimate of drug-likeness (QED) is 0.710. The fourth-order valence-corrected chi connectivity index (χ4v) is 4.03. The van der Waals surface area contributed by atoms with Crippen molar-refractivity contribution in [1.82, 2.24) is 9.29 Å². The van der Waals surface area contributed by atoms with Crippen LogP contribution in [-0.2, 0) is 26.0 Å². The number of sulfonamides is 1. The summed E-state index contributed by atoms with van der Waals surface area (Å²) < 4.78 is 30.8. The fourth-order valence-electron chi connectivity index (χ4n) is 2.95. The highest BCUT2D eigenvalue weighted by atomic mass is 32.2. The van der Waals surface area contributed by atoms with E-state index in [4.69, 9.17) is 4.74 Å². The highest BCUT2D eigenvalue weighted by molar-refractivity contribution is 7.89. The summed E-state index contributed by atoms with van der Waals surface area (Å²) >= 11 is 0. The highest BCUT2D eigenvalue weighted by Crippen LogP contribution is 2.29. The zero-order chi connectivity index (χ0) is 19.6. The smallest absolute Gasteiger partial charge is 0.337 e. The molecule has 2 aromatic rings. The van der Waals surface area contributed by atoms with Crippen molar-refractivity contribution in [2.24, 2.45) is 0 Å². The first kappa shape index (κ1) is 19.0. The van der Waals surface area contributed by atoms with Gasteiger partial charge >= 0.3 is 5.97 Å². The van der Waals surface area contributed by atoms with Crippen LogP contribution in [-0.4, -0.2) is 56.8 Å². The number of carbonyl (C=O) groups excluding carboxylic acids is 2. The SMILES string of the molecule is COC(=O)c1ccc2c(c1)CCN2C(=O)CN(C)S(=O)(=O)c1cccnc1. The molecule has 8 nitrogen and oxygen atoms in total. The van der Waals surface area contributed by atoms with E-state index in [1.165, 1.54) is 43.6 Å². The van der Waals surface area contributed by atoms with Gasteiger partial charge in [0.25, 0.3) is 0 Å². The van der Waals surface area contributed by atoms with E-state index < -0.39 is 16.0 Å². The Bertz CT molecular complexity index is 976. The summed E-state index contributed by atoms with van der Waals surface area (Å²) in [7, 11) is -1.13. The molecule has 1 amide bonds. The molecule has 2 heterocycles. The van der Waals surface area contributed by atoms with Crippen LogP contribution in [0.1, 0.15) is 15.9 Å². The van der Waals surface area contributed by atoms with Crippen molar-refractivity contribution < 1.29 is 22.7 Å². The predicted molar refractivity (Wildman–Crippen MR) is 97.9 cm³/mol. The van der Waals surface area contributed by atoms with Crippen LogP contribution in [0, 0.1) is 0 Å². The Kier molecular flexibility index (Phi) is 5.24. The Labute approximate surface area is 157 Å². The van der Waals surface area contributed by atoms with Gasteiger partial charge in [0.2, 0.25) is 15.9 Å². The lowest BCUT2D eigenvalue weighted by atomic mass is 10.1. The Morgan fingerprint density at radius 1 is 1.30 bits per heavy atom. The number of nitrogens with zero attached hydrogens (tertiary/aromatic N) is 3. The molecule has 0 unspecified atom stereocenters. The Balaban J connectivity index is 1.76. The molecule has 1 aliphatic heterocycles. The number of esters is 1. The van der Waals surface area contributed by atoms with Crippen molar-refractivity contribution in [2.75, 3.05) is 32.1 Å². The van der Waals surface area contributed by atoms with Crippen LogP contribution in [0.4, 0.5) is 5.69 Å². The van der Waals surface area contributed by atoms with E-state index in [1.807, 2.05) is 0 Å². The van der Waals surface area contributed by atoms with Gasteiger partial charge in [-0.1, -0.05) is 0 Å². The van der Waals surface area contributed by atoms with Gasteiger partial charge in [0.05, 0.1) is 19.2 Å². The van der Waals surface area contributed by atoms with Gasteiger partial charge in [0.1, 0.15) is 4.90 Å². The number of likely N-dealkylation sites (N-methyl/N-ethyl adjacent to an activating group) is 1. The number of hydrogen-bond acceptors (Lipinski definition) is 6. The molecule has 0 saturated heterocycles. The van der Waals surface area contributed by atoms with Crippen molar-refractivity contribution in [3.8, 4) is 0 Å². The van der Waals surface area contributed by atoms with Crippen LogP contribution in [0.3, 0.4) is 0 Å². The molecule has 0 spiro atoms. The number of fused-ring (bicyclic) bond motifs is 1. The summed E-state index contributed by atoms with van der Waals surface area (Å²) in [4.78, 5) is 29.7. The molecule has 0 radical (unpaired) electrons. The van der Waals surface area contributed by atoms with Crippen LogP contribution in [0.15, 0.2) is 47.6 Å². The van der Waals surface area contributed by atoms with Gasteiger partial charge in [-0.05, 0) is 42.3 Å². The zero-order valence-corrected chi connectivity index (χ0v) is 15.8. The van der Waals surface area contributed by atoms with E-state index in [2.05, 4.69) is 4.98 Å². The van der Waals surface area contributed by atoms with Gasteiger partial charge in [-0.25, -0.2) is 13.2 Å². The summed E-state index contributed by atoms with van der Waals surface area (Å²) in [6.07, 6.45) is 3.31. The molecule has 3 rings (SSSR count).